The fraction of sp³-hybridized carbons (Fsp3) is 0.263. The highest BCUT2D eigenvalue weighted by molar-refractivity contribution is 7.16. The Labute approximate surface area is 160 Å². The minimum atomic E-state index is -0.308. The van der Waals surface area contributed by atoms with Gasteiger partial charge in [0.05, 0.1) is 18.4 Å². The zero-order valence-corrected chi connectivity index (χ0v) is 16.1. The first-order valence-corrected chi connectivity index (χ1v) is 9.42. The van der Waals surface area contributed by atoms with Gasteiger partial charge in [0.2, 0.25) is 0 Å². The number of carbonyl (C=O) groups excluding carboxylic acids is 1. The number of halogens is 1. The summed E-state index contributed by atoms with van der Waals surface area (Å²) in [4.78, 5) is 17.5. The molecule has 5 nitrogen and oxygen atoms in total. The molecule has 1 aromatic heterocycles. The Morgan fingerprint density at radius 3 is 2.69 bits per heavy atom. The first-order valence-electron chi connectivity index (χ1n) is 8.22. The van der Waals surface area contributed by atoms with E-state index in [1.54, 1.807) is 31.4 Å². The van der Waals surface area contributed by atoms with Gasteiger partial charge in [-0.3, -0.25) is 4.79 Å². The van der Waals surface area contributed by atoms with Crippen LogP contribution in [-0.4, -0.2) is 30.8 Å². The quantitative estimate of drug-likeness (QED) is 0.594. The SMILES string of the molecule is CCOCCn1c(=NC(=O)c2ccc(Cl)cc2)sc2cccc(OC)c21. The second kappa shape index (κ2) is 8.49. The van der Waals surface area contributed by atoms with Gasteiger partial charge in [0.25, 0.3) is 5.91 Å². The van der Waals surface area contributed by atoms with Gasteiger partial charge >= 0.3 is 0 Å². The summed E-state index contributed by atoms with van der Waals surface area (Å²) in [6, 6.07) is 12.5. The molecule has 0 aliphatic heterocycles. The number of methoxy groups -OCH3 is 1. The summed E-state index contributed by atoms with van der Waals surface area (Å²) in [6.07, 6.45) is 0. The number of aromatic nitrogens is 1. The minimum Gasteiger partial charge on any atom is -0.495 e. The molecular formula is C19H19ClN2O3S. The summed E-state index contributed by atoms with van der Waals surface area (Å²) >= 11 is 7.34. The van der Waals surface area contributed by atoms with Crippen molar-refractivity contribution < 1.29 is 14.3 Å². The summed E-state index contributed by atoms with van der Waals surface area (Å²) < 4.78 is 14.0. The molecule has 1 heterocycles. The summed E-state index contributed by atoms with van der Waals surface area (Å²) in [5.74, 6) is 0.438. The van der Waals surface area contributed by atoms with E-state index in [0.717, 1.165) is 16.0 Å². The molecule has 26 heavy (non-hydrogen) atoms. The van der Waals surface area contributed by atoms with Gasteiger partial charge in [0.15, 0.2) is 4.80 Å². The molecule has 0 bridgehead atoms. The Balaban J connectivity index is 2.09. The number of hydrogen-bond donors (Lipinski definition) is 0. The van der Waals surface area contributed by atoms with Crippen LogP contribution < -0.4 is 9.54 Å². The summed E-state index contributed by atoms with van der Waals surface area (Å²) in [5.41, 5.74) is 1.41. The topological polar surface area (TPSA) is 52.8 Å². The number of carbonyl (C=O) groups is 1. The highest BCUT2D eigenvalue weighted by Gasteiger charge is 2.13. The smallest absolute Gasteiger partial charge is 0.279 e. The first kappa shape index (κ1) is 18.6. The van der Waals surface area contributed by atoms with Crippen molar-refractivity contribution in [1.82, 2.24) is 4.57 Å². The Morgan fingerprint density at radius 1 is 1.23 bits per heavy atom. The van der Waals surface area contributed by atoms with Crippen LogP contribution in [0, 0.1) is 0 Å². The van der Waals surface area contributed by atoms with Crippen molar-refractivity contribution in [2.75, 3.05) is 20.3 Å². The van der Waals surface area contributed by atoms with E-state index in [1.165, 1.54) is 11.3 Å². The Bertz CT molecular complexity index is 977. The lowest BCUT2D eigenvalue weighted by Crippen LogP contribution is -2.20. The monoisotopic (exact) mass is 390 g/mol. The molecule has 0 fully saturated rings. The molecule has 1 amide bonds. The van der Waals surface area contributed by atoms with Gasteiger partial charge in [0, 0.05) is 23.7 Å². The first-order chi connectivity index (χ1) is 12.6. The van der Waals surface area contributed by atoms with Gasteiger partial charge in [-0.25, -0.2) is 0 Å². The van der Waals surface area contributed by atoms with Crippen molar-refractivity contribution in [2.45, 2.75) is 13.5 Å². The normalized spacial score (nSPS) is 11.9. The number of rotatable bonds is 6. The van der Waals surface area contributed by atoms with Crippen LogP contribution in [0.25, 0.3) is 10.2 Å². The highest BCUT2D eigenvalue weighted by atomic mass is 35.5. The van der Waals surface area contributed by atoms with Crippen molar-refractivity contribution in [2.24, 2.45) is 4.99 Å². The number of thiazole rings is 1. The van der Waals surface area contributed by atoms with Crippen molar-refractivity contribution in [1.29, 1.82) is 0 Å². The zero-order valence-electron chi connectivity index (χ0n) is 14.6. The molecular weight excluding hydrogens is 372 g/mol. The second-order valence-corrected chi connectivity index (χ2v) is 6.91. The van der Waals surface area contributed by atoms with E-state index in [2.05, 4.69) is 4.99 Å². The van der Waals surface area contributed by atoms with E-state index in [1.807, 2.05) is 29.7 Å². The van der Waals surface area contributed by atoms with Crippen LogP contribution in [0.5, 0.6) is 5.75 Å². The van der Waals surface area contributed by atoms with Crippen molar-refractivity contribution in [3.05, 3.63) is 57.9 Å². The standard InChI is InChI=1S/C19H19ClN2O3S/c1-3-25-12-11-22-17-15(24-2)5-4-6-16(17)26-19(22)21-18(23)13-7-9-14(20)10-8-13/h4-10H,3,11-12H2,1-2H3. The fourth-order valence-electron chi connectivity index (χ4n) is 2.60. The number of nitrogens with zero attached hydrogens (tertiary/aromatic N) is 2. The molecule has 0 aliphatic carbocycles. The molecule has 0 unspecified atom stereocenters. The van der Waals surface area contributed by atoms with Crippen LogP contribution in [0.15, 0.2) is 47.5 Å². The van der Waals surface area contributed by atoms with Gasteiger partial charge in [-0.05, 0) is 43.3 Å². The van der Waals surface area contributed by atoms with Gasteiger partial charge < -0.3 is 14.0 Å². The fourth-order valence-corrected chi connectivity index (χ4v) is 3.80. The Kier molecular flexibility index (Phi) is 6.08. The molecule has 0 N–H and O–H groups in total. The Hall–Kier alpha value is -2.15. The van der Waals surface area contributed by atoms with Gasteiger partial charge in [-0.1, -0.05) is 29.0 Å². The highest BCUT2D eigenvalue weighted by Crippen LogP contribution is 2.27. The third-order valence-electron chi connectivity index (χ3n) is 3.84. The summed E-state index contributed by atoms with van der Waals surface area (Å²) in [7, 11) is 1.63. The number of ether oxygens (including phenoxy) is 2. The van der Waals surface area contributed by atoms with Gasteiger partial charge in [0.1, 0.15) is 11.3 Å². The van der Waals surface area contributed by atoms with Gasteiger partial charge in [-0.15, -0.1) is 0 Å². The van der Waals surface area contributed by atoms with Crippen LogP contribution in [0.2, 0.25) is 5.02 Å². The van der Waals surface area contributed by atoms with Crippen LogP contribution in [-0.2, 0) is 11.3 Å². The third-order valence-corrected chi connectivity index (χ3v) is 5.13. The number of para-hydroxylation sites is 1. The van der Waals surface area contributed by atoms with Crippen LogP contribution in [0.4, 0.5) is 0 Å². The lowest BCUT2D eigenvalue weighted by molar-refractivity contribution is 0.0996. The molecule has 0 saturated carbocycles. The van der Waals surface area contributed by atoms with E-state index in [0.29, 0.717) is 35.1 Å². The molecule has 2 aromatic carbocycles. The van der Waals surface area contributed by atoms with E-state index in [4.69, 9.17) is 21.1 Å². The van der Waals surface area contributed by atoms with Gasteiger partial charge in [-0.2, -0.15) is 4.99 Å². The largest absolute Gasteiger partial charge is 0.495 e. The molecule has 0 aliphatic rings. The molecule has 0 atom stereocenters. The van der Waals surface area contributed by atoms with E-state index >= 15 is 0 Å². The van der Waals surface area contributed by atoms with Crippen molar-refractivity contribution in [3.8, 4) is 5.75 Å². The predicted molar refractivity (Wildman–Crippen MR) is 104 cm³/mol. The molecule has 3 aromatic rings. The van der Waals surface area contributed by atoms with Crippen LogP contribution >= 0.6 is 22.9 Å². The van der Waals surface area contributed by atoms with Crippen molar-refractivity contribution >= 4 is 39.1 Å². The average molecular weight is 391 g/mol. The lowest BCUT2D eigenvalue weighted by Gasteiger charge is -2.08. The van der Waals surface area contributed by atoms with E-state index < -0.39 is 0 Å². The zero-order chi connectivity index (χ0) is 18.5. The van der Waals surface area contributed by atoms with E-state index in [-0.39, 0.29) is 5.91 Å². The molecule has 3 rings (SSSR count). The third kappa shape index (κ3) is 3.98. The molecule has 136 valence electrons. The lowest BCUT2D eigenvalue weighted by atomic mass is 10.2. The number of fused-ring (bicyclic) bond motifs is 1. The molecule has 0 saturated heterocycles. The summed E-state index contributed by atoms with van der Waals surface area (Å²) in [5, 5.41) is 0.583. The number of benzene rings is 2. The maximum atomic E-state index is 12.6. The Morgan fingerprint density at radius 2 is 2.00 bits per heavy atom. The summed E-state index contributed by atoms with van der Waals surface area (Å²) in [6.45, 7) is 3.70. The maximum Gasteiger partial charge on any atom is 0.279 e. The molecule has 7 heteroatoms. The minimum absolute atomic E-state index is 0.308. The number of amides is 1. The maximum absolute atomic E-state index is 12.6. The molecule has 0 radical (unpaired) electrons. The second-order valence-electron chi connectivity index (χ2n) is 5.46. The average Bonchev–Trinajstić information content (AvgIpc) is 2.99. The number of hydrogen-bond acceptors (Lipinski definition) is 4. The van der Waals surface area contributed by atoms with Crippen LogP contribution in [0.3, 0.4) is 0 Å². The molecule has 0 spiro atoms. The van der Waals surface area contributed by atoms with Crippen LogP contribution in [0.1, 0.15) is 17.3 Å². The van der Waals surface area contributed by atoms with E-state index in [9.17, 15) is 4.79 Å². The van der Waals surface area contributed by atoms with Crippen molar-refractivity contribution in [3.63, 3.8) is 0 Å². The predicted octanol–water partition coefficient (Wildman–Crippen LogP) is 4.14.